The molecule has 0 atom stereocenters. The zero-order valence-electron chi connectivity index (χ0n) is 17.7. The third-order valence-corrected chi connectivity index (χ3v) is 4.85. The number of para-hydroxylation sites is 1. The molecule has 2 aromatic heterocycles. The summed E-state index contributed by atoms with van der Waals surface area (Å²) in [6, 6.07) is 12.1. The number of hydrogen-bond donors (Lipinski definition) is 3. The fourth-order valence-electron chi connectivity index (χ4n) is 3.24. The Morgan fingerprint density at radius 2 is 1.90 bits per heavy atom. The minimum Gasteiger partial charge on any atom is -0.358 e. The Kier molecular flexibility index (Phi) is 8.20. The molecule has 2 aromatic carbocycles. The quantitative estimate of drug-likeness (QED) is 0.336. The van der Waals surface area contributed by atoms with E-state index >= 15 is 0 Å². The standard InChI is InChI=1S/C22H20FN5O.CH3.Li/c1-3-13(4-2)22(29)26-18-12-24-28-20(18)21-25-17-10-6-9-16(19(17)27-21)14-7-5-8-15(23)11-14;;/h5-13H,1-4H2,(H,24,28)(H,25,27)(H,26,29);1H3;/q-2;-1;+1. The Labute approximate surface area is 193 Å². The molecule has 0 spiro atoms. The van der Waals surface area contributed by atoms with Crippen LogP contribution < -0.4 is 24.2 Å². The van der Waals surface area contributed by atoms with Gasteiger partial charge in [-0.2, -0.15) is 17.9 Å². The van der Waals surface area contributed by atoms with Gasteiger partial charge in [0.1, 0.15) is 11.5 Å². The van der Waals surface area contributed by atoms with Crippen LogP contribution in [0.4, 0.5) is 10.1 Å². The molecule has 31 heavy (non-hydrogen) atoms. The molecule has 0 aliphatic carbocycles. The van der Waals surface area contributed by atoms with Gasteiger partial charge in [0.15, 0.2) is 5.82 Å². The summed E-state index contributed by atoms with van der Waals surface area (Å²) in [6.07, 6.45) is 2.46. The number of hydrogen-bond acceptors (Lipinski definition) is 3. The first-order chi connectivity index (χ1) is 14.1. The number of amides is 1. The second kappa shape index (κ2) is 10.4. The van der Waals surface area contributed by atoms with Crippen molar-refractivity contribution < 1.29 is 28.0 Å². The normalized spacial score (nSPS) is 10.6. The van der Waals surface area contributed by atoms with Gasteiger partial charge in [-0.25, -0.2) is 9.37 Å². The minimum absolute atomic E-state index is 0. The largest absolute Gasteiger partial charge is 1.00 e. The van der Waals surface area contributed by atoms with Crippen LogP contribution in [-0.4, -0.2) is 26.1 Å². The second-order valence-corrected chi connectivity index (χ2v) is 6.72. The molecule has 0 aliphatic heterocycles. The minimum atomic E-state index is -0.306. The molecule has 0 saturated heterocycles. The number of imidazole rings is 1. The number of carbonyl (C=O) groups is 1. The third kappa shape index (κ3) is 4.90. The van der Waals surface area contributed by atoms with Crippen molar-refractivity contribution in [3.8, 4) is 22.6 Å². The molecule has 0 radical (unpaired) electrons. The van der Waals surface area contributed by atoms with E-state index in [1.54, 1.807) is 6.07 Å². The number of H-pyrrole nitrogens is 2. The van der Waals surface area contributed by atoms with E-state index in [1.807, 2.05) is 24.3 Å². The van der Waals surface area contributed by atoms with E-state index in [0.717, 1.165) is 16.6 Å². The van der Waals surface area contributed by atoms with E-state index in [1.165, 1.54) is 18.3 Å². The van der Waals surface area contributed by atoms with Crippen LogP contribution in [0.1, 0.15) is 12.8 Å². The number of benzene rings is 2. The van der Waals surface area contributed by atoms with E-state index in [-0.39, 0.29) is 43.9 Å². The Bertz CT molecular complexity index is 1170. The van der Waals surface area contributed by atoms with E-state index in [2.05, 4.69) is 39.3 Å². The molecule has 0 unspecified atom stereocenters. The average molecular weight is 411 g/mol. The summed E-state index contributed by atoms with van der Waals surface area (Å²) < 4.78 is 13.7. The number of rotatable bonds is 6. The Balaban J connectivity index is 0.00000171. The van der Waals surface area contributed by atoms with Gasteiger partial charge in [-0.05, 0) is 29.7 Å². The maximum absolute atomic E-state index is 13.7. The average Bonchev–Trinajstić information content (AvgIpc) is 3.35. The number of nitrogens with zero attached hydrogens (tertiary/aromatic N) is 2. The van der Waals surface area contributed by atoms with Gasteiger partial charge in [-0.1, -0.05) is 24.3 Å². The second-order valence-electron chi connectivity index (χ2n) is 6.72. The maximum atomic E-state index is 13.7. The molecule has 0 saturated carbocycles. The van der Waals surface area contributed by atoms with Crippen molar-refractivity contribution in [2.24, 2.45) is 5.92 Å². The van der Waals surface area contributed by atoms with Crippen LogP contribution in [0.3, 0.4) is 0 Å². The SMILES string of the molecule is [CH2-]CC(C[CH2-])C(=O)Nc1cn[nH]c1-c1nc2c(-c3cccc(F)c3)cccc2[nH]1.[CH3-].[Li+]. The van der Waals surface area contributed by atoms with Crippen molar-refractivity contribution in [1.82, 2.24) is 20.2 Å². The summed E-state index contributed by atoms with van der Waals surface area (Å²) in [5.41, 5.74) is 4.12. The Morgan fingerprint density at radius 1 is 1.16 bits per heavy atom. The third-order valence-electron chi connectivity index (χ3n) is 4.85. The summed E-state index contributed by atoms with van der Waals surface area (Å²) in [6.45, 7) is 7.58. The van der Waals surface area contributed by atoms with Gasteiger partial charge in [0.25, 0.3) is 0 Å². The first-order valence-corrected chi connectivity index (χ1v) is 9.28. The van der Waals surface area contributed by atoms with Gasteiger partial charge >= 0.3 is 18.9 Å². The number of nitrogens with one attached hydrogen (secondary N) is 3. The topological polar surface area (TPSA) is 86.5 Å². The van der Waals surface area contributed by atoms with E-state index in [0.29, 0.717) is 35.6 Å². The molecule has 0 bridgehead atoms. The van der Waals surface area contributed by atoms with Crippen LogP contribution in [0.25, 0.3) is 33.7 Å². The van der Waals surface area contributed by atoms with Crippen LogP contribution in [0.15, 0.2) is 48.7 Å². The molecule has 8 heteroatoms. The molecule has 4 rings (SSSR count). The number of carbonyl (C=O) groups excluding carboxylic acids is 1. The first kappa shape index (κ1) is 24.4. The monoisotopic (exact) mass is 411 g/mol. The van der Waals surface area contributed by atoms with Gasteiger partial charge in [-0.3, -0.25) is 9.89 Å². The molecule has 156 valence electrons. The van der Waals surface area contributed by atoms with Crippen LogP contribution in [0.2, 0.25) is 0 Å². The Morgan fingerprint density at radius 3 is 2.61 bits per heavy atom. The smallest absolute Gasteiger partial charge is 0.358 e. The van der Waals surface area contributed by atoms with Crippen molar-refractivity contribution in [2.45, 2.75) is 12.8 Å². The number of fused-ring (bicyclic) bond motifs is 1. The molecule has 1 amide bonds. The molecule has 4 aromatic rings. The predicted octanol–water partition coefficient (Wildman–Crippen LogP) is 2.22. The van der Waals surface area contributed by atoms with E-state index < -0.39 is 0 Å². The summed E-state index contributed by atoms with van der Waals surface area (Å²) in [5, 5.41) is 9.79. The summed E-state index contributed by atoms with van der Waals surface area (Å²) >= 11 is 0. The van der Waals surface area contributed by atoms with Gasteiger partial charge in [0.2, 0.25) is 5.91 Å². The van der Waals surface area contributed by atoms with Gasteiger partial charge in [0, 0.05) is 5.56 Å². The molecular weight excluding hydrogens is 388 g/mol. The molecule has 3 N–H and O–H groups in total. The number of aromatic nitrogens is 4. The van der Waals surface area contributed by atoms with Crippen molar-refractivity contribution in [3.63, 3.8) is 0 Å². The van der Waals surface area contributed by atoms with Gasteiger partial charge < -0.3 is 31.6 Å². The van der Waals surface area contributed by atoms with Crippen LogP contribution >= 0.6 is 0 Å². The van der Waals surface area contributed by atoms with Gasteiger partial charge in [-0.15, -0.1) is 0 Å². The van der Waals surface area contributed by atoms with Gasteiger partial charge in [0.05, 0.1) is 22.9 Å². The first-order valence-electron chi connectivity index (χ1n) is 9.28. The molecular formula is C23H23FLiN5O-2. The van der Waals surface area contributed by atoms with Crippen LogP contribution in [0.5, 0.6) is 0 Å². The van der Waals surface area contributed by atoms with Crippen molar-refractivity contribution in [3.05, 3.63) is 75.8 Å². The molecule has 0 fully saturated rings. The summed E-state index contributed by atoms with van der Waals surface area (Å²) in [7, 11) is 0. The maximum Gasteiger partial charge on any atom is 1.00 e. The molecule has 0 aliphatic rings. The van der Waals surface area contributed by atoms with Crippen molar-refractivity contribution >= 4 is 22.6 Å². The van der Waals surface area contributed by atoms with Crippen LogP contribution in [-0.2, 0) is 4.79 Å². The number of aromatic amines is 2. The predicted molar refractivity (Wildman–Crippen MR) is 118 cm³/mol. The number of halogens is 1. The zero-order valence-corrected chi connectivity index (χ0v) is 17.7. The molecule has 6 nitrogen and oxygen atoms in total. The zero-order chi connectivity index (χ0) is 20.4. The van der Waals surface area contributed by atoms with Crippen molar-refractivity contribution in [1.29, 1.82) is 0 Å². The Hall–Kier alpha value is -2.88. The summed E-state index contributed by atoms with van der Waals surface area (Å²) in [4.78, 5) is 20.3. The molecule has 2 heterocycles. The van der Waals surface area contributed by atoms with E-state index in [4.69, 9.17) is 0 Å². The number of anilines is 1. The van der Waals surface area contributed by atoms with Crippen LogP contribution in [0, 0.1) is 33.0 Å². The van der Waals surface area contributed by atoms with Crippen molar-refractivity contribution in [2.75, 3.05) is 5.32 Å². The fourth-order valence-corrected chi connectivity index (χ4v) is 3.24. The summed E-state index contributed by atoms with van der Waals surface area (Å²) in [5.74, 6) is -0.209. The van der Waals surface area contributed by atoms with E-state index in [9.17, 15) is 9.18 Å². The fraction of sp³-hybridized carbons (Fsp3) is 0.130.